The van der Waals surface area contributed by atoms with Gasteiger partial charge in [-0.15, -0.1) is 10.2 Å². The van der Waals surface area contributed by atoms with Crippen molar-refractivity contribution in [1.82, 2.24) is 9.38 Å². The van der Waals surface area contributed by atoms with Gasteiger partial charge in [-0.3, -0.25) is 4.40 Å². The van der Waals surface area contributed by atoms with Crippen LogP contribution in [-0.2, 0) is 0 Å². The lowest BCUT2D eigenvalue weighted by molar-refractivity contribution is 1.09. The van der Waals surface area contributed by atoms with Crippen molar-refractivity contribution in [2.24, 2.45) is 10.2 Å². The summed E-state index contributed by atoms with van der Waals surface area (Å²) in [6.45, 7) is 6.07. The Morgan fingerprint density at radius 3 is 2.45 bits per heavy atom. The molecule has 0 aliphatic heterocycles. The van der Waals surface area contributed by atoms with Gasteiger partial charge in [-0.25, -0.2) is 4.98 Å². The molecule has 0 aliphatic carbocycles. The van der Waals surface area contributed by atoms with Gasteiger partial charge in [0.25, 0.3) is 0 Å². The van der Waals surface area contributed by atoms with Crippen molar-refractivity contribution >= 4 is 17.2 Å². The number of nitrogens with zero attached hydrogens (tertiary/aromatic N) is 4. The van der Waals surface area contributed by atoms with Crippen LogP contribution in [-0.4, -0.2) is 9.38 Å². The van der Waals surface area contributed by atoms with Gasteiger partial charge in [0.15, 0.2) is 5.82 Å². The molecule has 2 aromatic heterocycles. The van der Waals surface area contributed by atoms with Gasteiger partial charge in [0.05, 0.1) is 11.4 Å². The Balaban J connectivity index is 2.04. The molecule has 0 radical (unpaired) electrons. The number of aryl methyl sites for hydroxylation is 3. The Hall–Kier alpha value is -2.49. The molecule has 0 saturated carbocycles. The van der Waals surface area contributed by atoms with Crippen LogP contribution in [0, 0.1) is 20.8 Å². The number of aromatic nitrogens is 2. The fraction of sp³-hybridized carbons (Fsp3) is 0.188. The Labute approximate surface area is 117 Å². The van der Waals surface area contributed by atoms with Gasteiger partial charge in [0, 0.05) is 6.20 Å². The Morgan fingerprint density at radius 2 is 1.70 bits per heavy atom. The van der Waals surface area contributed by atoms with E-state index in [1.54, 1.807) is 0 Å². The van der Waals surface area contributed by atoms with E-state index >= 15 is 0 Å². The minimum atomic E-state index is 0.778. The van der Waals surface area contributed by atoms with E-state index in [1.165, 1.54) is 11.1 Å². The van der Waals surface area contributed by atoms with E-state index in [1.807, 2.05) is 47.9 Å². The molecule has 0 atom stereocenters. The molecule has 0 fully saturated rings. The molecule has 4 heteroatoms. The monoisotopic (exact) mass is 264 g/mol. The smallest absolute Gasteiger partial charge is 0.182 e. The highest BCUT2D eigenvalue weighted by atomic mass is 15.2. The number of hydrogen-bond donors (Lipinski definition) is 0. The summed E-state index contributed by atoms with van der Waals surface area (Å²) < 4.78 is 1.95. The lowest BCUT2D eigenvalue weighted by Crippen LogP contribution is -1.81. The molecule has 100 valence electrons. The maximum atomic E-state index is 4.47. The Bertz CT molecular complexity index is 779. The molecule has 1 aromatic carbocycles. The van der Waals surface area contributed by atoms with Crippen LogP contribution in [0.4, 0.5) is 11.5 Å². The molecule has 0 amide bonds. The highest BCUT2D eigenvalue weighted by Crippen LogP contribution is 2.24. The second kappa shape index (κ2) is 4.89. The maximum absolute atomic E-state index is 4.47. The summed E-state index contributed by atoms with van der Waals surface area (Å²) in [6, 6.07) is 12.1. The topological polar surface area (TPSA) is 42.0 Å². The van der Waals surface area contributed by atoms with Crippen LogP contribution in [0.1, 0.15) is 16.8 Å². The van der Waals surface area contributed by atoms with Crippen LogP contribution < -0.4 is 0 Å². The third-order valence-electron chi connectivity index (χ3n) is 3.14. The normalized spacial score (nSPS) is 11.6. The zero-order valence-corrected chi connectivity index (χ0v) is 11.8. The highest BCUT2D eigenvalue weighted by molar-refractivity contribution is 5.52. The van der Waals surface area contributed by atoms with E-state index < -0.39 is 0 Å². The summed E-state index contributed by atoms with van der Waals surface area (Å²) in [5, 5.41) is 8.72. The molecule has 0 spiro atoms. The maximum Gasteiger partial charge on any atom is 0.182 e. The summed E-state index contributed by atoms with van der Waals surface area (Å²) in [5.41, 5.74) is 5.01. The third kappa shape index (κ3) is 2.32. The van der Waals surface area contributed by atoms with Crippen LogP contribution in [0.15, 0.2) is 52.8 Å². The average molecular weight is 264 g/mol. The third-order valence-corrected chi connectivity index (χ3v) is 3.14. The van der Waals surface area contributed by atoms with Crippen LogP contribution in [0.2, 0.25) is 0 Å². The Morgan fingerprint density at radius 1 is 0.950 bits per heavy atom. The van der Waals surface area contributed by atoms with E-state index in [9.17, 15) is 0 Å². The van der Waals surface area contributed by atoms with Crippen LogP contribution >= 0.6 is 0 Å². The molecule has 0 aliphatic rings. The zero-order valence-electron chi connectivity index (χ0n) is 11.8. The van der Waals surface area contributed by atoms with Gasteiger partial charge in [-0.05, 0) is 56.2 Å². The van der Waals surface area contributed by atoms with E-state index in [-0.39, 0.29) is 0 Å². The SMILES string of the molecule is Cc1cc(C)cc(N=Nc2c(C)nc3ccccn23)c1. The minimum Gasteiger partial charge on any atom is -0.283 e. The predicted octanol–water partition coefficient (Wildman–Crippen LogP) is 4.67. The largest absolute Gasteiger partial charge is 0.283 e. The zero-order chi connectivity index (χ0) is 14.1. The first kappa shape index (κ1) is 12.5. The quantitative estimate of drug-likeness (QED) is 0.620. The number of pyridine rings is 1. The molecule has 2 heterocycles. The average Bonchev–Trinajstić information content (AvgIpc) is 2.71. The van der Waals surface area contributed by atoms with E-state index in [4.69, 9.17) is 0 Å². The number of azo groups is 1. The van der Waals surface area contributed by atoms with Crippen molar-refractivity contribution < 1.29 is 0 Å². The molecule has 4 nitrogen and oxygen atoms in total. The van der Waals surface area contributed by atoms with E-state index in [0.717, 1.165) is 22.8 Å². The van der Waals surface area contributed by atoms with Gasteiger partial charge >= 0.3 is 0 Å². The number of fused-ring (bicyclic) bond motifs is 1. The van der Waals surface area contributed by atoms with Crippen molar-refractivity contribution in [2.45, 2.75) is 20.8 Å². The molecule has 20 heavy (non-hydrogen) atoms. The summed E-state index contributed by atoms with van der Waals surface area (Å²) in [7, 11) is 0. The van der Waals surface area contributed by atoms with Crippen LogP contribution in [0.25, 0.3) is 5.65 Å². The number of rotatable bonds is 2. The van der Waals surface area contributed by atoms with Crippen LogP contribution in [0.5, 0.6) is 0 Å². The summed E-state index contributed by atoms with van der Waals surface area (Å²) in [5.74, 6) is 0.778. The molecule has 0 unspecified atom stereocenters. The summed E-state index contributed by atoms with van der Waals surface area (Å²) in [4.78, 5) is 4.47. The van der Waals surface area contributed by atoms with Crippen molar-refractivity contribution in [2.75, 3.05) is 0 Å². The second-order valence-corrected chi connectivity index (χ2v) is 5.00. The molecule has 0 saturated heterocycles. The standard InChI is InChI=1S/C16H16N4/c1-11-8-12(2)10-14(9-11)18-19-16-13(3)17-15-6-4-5-7-20(15)16/h4-10H,1-3H3. The molecule has 3 rings (SSSR count). The van der Waals surface area contributed by atoms with Gasteiger partial charge in [0.1, 0.15) is 5.65 Å². The second-order valence-electron chi connectivity index (χ2n) is 5.00. The summed E-state index contributed by atoms with van der Waals surface area (Å²) in [6.07, 6.45) is 1.95. The molecular weight excluding hydrogens is 248 g/mol. The van der Waals surface area contributed by atoms with Crippen molar-refractivity contribution in [3.8, 4) is 0 Å². The van der Waals surface area contributed by atoms with E-state index in [0.29, 0.717) is 0 Å². The molecular formula is C16H16N4. The van der Waals surface area contributed by atoms with Crippen LogP contribution in [0.3, 0.4) is 0 Å². The first-order chi connectivity index (χ1) is 9.63. The number of benzene rings is 1. The minimum absolute atomic E-state index is 0.778. The van der Waals surface area contributed by atoms with Gasteiger partial charge in [0.2, 0.25) is 0 Å². The predicted molar refractivity (Wildman–Crippen MR) is 80.0 cm³/mol. The fourth-order valence-electron chi connectivity index (χ4n) is 2.33. The lowest BCUT2D eigenvalue weighted by atomic mass is 10.1. The van der Waals surface area contributed by atoms with E-state index in [2.05, 4.69) is 35.1 Å². The first-order valence-corrected chi connectivity index (χ1v) is 6.57. The van der Waals surface area contributed by atoms with Gasteiger partial charge in [-0.1, -0.05) is 12.1 Å². The highest BCUT2D eigenvalue weighted by Gasteiger charge is 2.06. The van der Waals surface area contributed by atoms with Crippen molar-refractivity contribution in [1.29, 1.82) is 0 Å². The molecule has 0 bridgehead atoms. The molecule has 0 N–H and O–H groups in total. The van der Waals surface area contributed by atoms with Crippen molar-refractivity contribution in [3.05, 3.63) is 59.4 Å². The lowest BCUT2D eigenvalue weighted by Gasteiger charge is -1.99. The molecule has 3 aromatic rings. The van der Waals surface area contributed by atoms with Gasteiger partial charge < -0.3 is 0 Å². The first-order valence-electron chi connectivity index (χ1n) is 6.57. The van der Waals surface area contributed by atoms with Crippen molar-refractivity contribution in [3.63, 3.8) is 0 Å². The van der Waals surface area contributed by atoms with Gasteiger partial charge in [-0.2, -0.15) is 0 Å². The summed E-state index contributed by atoms with van der Waals surface area (Å²) >= 11 is 0. The Kier molecular flexibility index (Phi) is 3.06. The number of imidazole rings is 1. The number of hydrogen-bond acceptors (Lipinski definition) is 3. The fourth-order valence-corrected chi connectivity index (χ4v) is 2.33.